The molecule has 0 fully saturated rings. The standard InChI is InChI=1S/C19H15ClN2O4/c1-11(19(25)26)15-10-17(23)22(16-5-3-2-4-14(15)16)21-18(24)12-6-8-13(20)9-7-12/h2-11H,1H3,(H,21,24)(H,25,26). The number of para-hydroxylation sites is 1. The van der Waals surface area contributed by atoms with Crippen molar-refractivity contribution in [1.82, 2.24) is 4.68 Å². The molecule has 2 N–H and O–H groups in total. The molecule has 1 atom stereocenters. The Hall–Kier alpha value is -3.12. The molecular weight excluding hydrogens is 356 g/mol. The molecule has 3 aromatic rings. The van der Waals surface area contributed by atoms with Crippen LogP contribution in [-0.2, 0) is 4.79 Å². The number of nitrogens with one attached hydrogen (secondary N) is 1. The van der Waals surface area contributed by atoms with Crippen LogP contribution in [0.25, 0.3) is 10.9 Å². The number of hydrogen-bond acceptors (Lipinski definition) is 3. The number of nitrogens with zero attached hydrogens (tertiary/aromatic N) is 1. The summed E-state index contributed by atoms with van der Waals surface area (Å²) in [5, 5.41) is 10.4. The van der Waals surface area contributed by atoms with Gasteiger partial charge in [-0.3, -0.25) is 19.8 Å². The Morgan fingerprint density at radius 1 is 1.12 bits per heavy atom. The van der Waals surface area contributed by atoms with Crippen LogP contribution in [0.1, 0.15) is 28.8 Å². The quantitative estimate of drug-likeness (QED) is 0.738. The summed E-state index contributed by atoms with van der Waals surface area (Å²) < 4.78 is 1.12. The highest BCUT2D eigenvalue weighted by Crippen LogP contribution is 2.24. The van der Waals surface area contributed by atoms with Crippen LogP contribution < -0.4 is 11.0 Å². The minimum absolute atomic E-state index is 0.341. The van der Waals surface area contributed by atoms with Gasteiger partial charge in [0.15, 0.2) is 0 Å². The van der Waals surface area contributed by atoms with E-state index in [0.717, 1.165) is 4.68 Å². The maximum Gasteiger partial charge on any atom is 0.310 e. The number of carboxylic acid groups (broad SMARTS) is 1. The minimum atomic E-state index is -1.03. The molecule has 0 radical (unpaired) electrons. The number of fused-ring (bicyclic) bond motifs is 1. The molecule has 7 heteroatoms. The lowest BCUT2D eigenvalue weighted by Crippen LogP contribution is -2.33. The highest BCUT2D eigenvalue weighted by atomic mass is 35.5. The van der Waals surface area contributed by atoms with Gasteiger partial charge in [0.05, 0.1) is 11.4 Å². The van der Waals surface area contributed by atoms with Gasteiger partial charge in [-0.2, -0.15) is 0 Å². The van der Waals surface area contributed by atoms with Crippen molar-refractivity contribution in [1.29, 1.82) is 0 Å². The summed E-state index contributed by atoms with van der Waals surface area (Å²) in [4.78, 5) is 36.3. The lowest BCUT2D eigenvalue weighted by Gasteiger charge is -2.16. The first-order valence-corrected chi connectivity index (χ1v) is 8.20. The topological polar surface area (TPSA) is 88.4 Å². The highest BCUT2D eigenvalue weighted by molar-refractivity contribution is 6.30. The van der Waals surface area contributed by atoms with E-state index in [2.05, 4.69) is 5.43 Å². The summed E-state index contributed by atoms with van der Waals surface area (Å²) >= 11 is 5.82. The van der Waals surface area contributed by atoms with Crippen LogP contribution in [-0.4, -0.2) is 21.7 Å². The van der Waals surface area contributed by atoms with E-state index >= 15 is 0 Å². The number of aromatic nitrogens is 1. The molecule has 0 aliphatic heterocycles. The second-order valence-electron chi connectivity index (χ2n) is 5.80. The summed E-state index contributed by atoms with van der Waals surface area (Å²) in [6.07, 6.45) is 0. The fraction of sp³-hybridized carbons (Fsp3) is 0.105. The van der Waals surface area contributed by atoms with Gasteiger partial charge in [-0.05, 0) is 42.8 Å². The minimum Gasteiger partial charge on any atom is -0.481 e. The van der Waals surface area contributed by atoms with Gasteiger partial charge < -0.3 is 5.11 Å². The normalized spacial score (nSPS) is 11.9. The number of halogens is 1. The van der Waals surface area contributed by atoms with E-state index in [1.807, 2.05) is 0 Å². The molecule has 1 aromatic heterocycles. The van der Waals surface area contributed by atoms with E-state index in [1.165, 1.54) is 13.0 Å². The van der Waals surface area contributed by atoms with Crippen molar-refractivity contribution in [3.8, 4) is 0 Å². The van der Waals surface area contributed by atoms with Crippen LogP contribution in [0.3, 0.4) is 0 Å². The molecule has 0 aliphatic rings. The summed E-state index contributed by atoms with van der Waals surface area (Å²) in [6, 6.07) is 14.3. The molecule has 0 aliphatic carbocycles. The molecule has 0 saturated heterocycles. The van der Waals surface area contributed by atoms with E-state index in [0.29, 0.717) is 27.1 Å². The Balaban J connectivity index is 2.10. The monoisotopic (exact) mass is 370 g/mol. The molecule has 6 nitrogen and oxygen atoms in total. The van der Waals surface area contributed by atoms with Crippen LogP contribution >= 0.6 is 11.6 Å². The van der Waals surface area contributed by atoms with E-state index in [4.69, 9.17) is 11.6 Å². The SMILES string of the molecule is CC(C(=O)O)c1cc(=O)n(NC(=O)c2ccc(Cl)cc2)c2ccccc12. The van der Waals surface area contributed by atoms with E-state index < -0.39 is 23.4 Å². The van der Waals surface area contributed by atoms with E-state index in [9.17, 15) is 19.5 Å². The maximum atomic E-state index is 12.5. The zero-order valence-electron chi connectivity index (χ0n) is 13.8. The fourth-order valence-electron chi connectivity index (χ4n) is 2.68. The molecule has 3 rings (SSSR count). The van der Waals surface area contributed by atoms with E-state index in [-0.39, 0.29) is 0 Å². The third-order valence-electron chi connectivity index (χ3n) is 4.11. The maximum absolute atomic E-state index is 12.5. The number of carboxylic acids is 1. The molecule has 0 saturated carbocycles. The van der Waals surface area contributed by atoms with Crippen LogP contribution in [0.15, 0.2) is 59.4 Å². The van der Waals surface area contributed by atoms with Crippen molar-refractivity contribution in [3.05, 3.63) is 81.1 Å². The second kappa shape index (κ2) is 7.01. The lowest BCUT2D eigenvalue weighted by atomic mass is 9.97. The lowest BCUT2D eigenvalue weighted by molar-refractivity contribution is -0.138. The summed E-state index contributed by atoms with van der Waals surface area (Å²) in [6.45, 7) is 1.51. The number of aliphatic carboxylic acids is 1. The molecule has 26 heavy (non-hydrogen) atoms. The van der Waals surface area contributed by atoms with Crippen molar-refractivity contribution in [2.45, 2.75) is 12.8 Å². The van der Waals surface area contributed by atoms with Gasteiger partial charge >= 0.3 is 5.97 Å². The first-order chi connectivity index (χ1) is 12.4. The van der Waals surface area contributed by atoms with Gasteiger partial charge in [0.25, 0.3) is 11.5 Å². The predicted octanol–water partition coefficient (Wildman–Crippen LogP) is 3.23. The zero-order valence-corrected chi connectivity index (χ0v) is 14.5. The Kier molecular flexibility index (Phi) is 4.77. The Morgan fingerprint density at radius 2 is 1.77 bits per heavy atom. The van der Waals surface area contributed by atoms with Gasteiger partial charge in [0, 0.05) is 22.0 Å². The van der Waals surface area contributed by atoms with Gasteiger partial charge in [0.2, 0.25) is 0 Å². The molecular formula is C19H15ClN2O4. The Bertz CT molecular complexity index is 1060. The van der Waals surface area contributed by atoms with Gasteiger partial charge in [0.1, 0.15) is 0 Å². The Labute approximate surface area is 153 Å². The summed E-state index contributed by atoms with van der Waals surface area (Å²) in [5.41, 5.74) is 3.20. The van der Waals surface area contributed by atoms with Gasteiger partial charge in [-0.25, -0.2) is 4.68 Å². The van der Waals surface area contributed by atoms with Gasteiger partial charge in [-0.1, -0.05) is 29.8 Å². The van der Waals surface area contributed by atoms with Crippen molar-refractivity contribution < 1.29 is 14.7 Å². The fourth-order valence-corrected chi connectivity index (χ4v) is 2.81. The van der Waals surface area contributed by atoms with Crippen LogP contribution in [0.4, 0.5) is 0 Å². The van der Waals surface area contributed by atoms with Crippen LogP contribution in [0.2, 0.25) is 5.02 Å². The first kappa shape index (κ1) is 17.7. The summed E-state index contributed by atoms with van der Waals surface area (Å²) in [7, 11) is 0. The van der Waals surface area contributed by atoms with Crippen molar-refractivity contribution in [2.24, 2.45) is 0 Å². The second-order valence-corrected chi connectivity index (χ2v) is 6.23. The summed E-state index contributed by atoms with van der Waals surface area (Å²) in [5.74, 6) is -2.36. The third kappa shape index (κ3) is 3.32. The number of benzene rings is 2. The van der Waals surface area contributed by atoms with Crippen molar-refractivity contribution in [3.63, 3.8) is 0 Å². The number of carbonyl (C=O) groups excluding carboxylic acids is 1. The molecule has 0 spiro atoms. The Morgan fingerprint density at radius 3 is 2.42 bits per heavy atom. The van der Waals surface area contributed by atoms with Crippen molar-refractivity contribution >= 4 is 34.4 Å². The average Bonchev–Trinajstić information content (AvgIpc) is 2.63. The average molecular weight is 371 g/mol. The molecule has 1 unspecified atom stereocenters. The largest absolute Gasteiger partial charge is 0.481 e. The number of hydrogen-bond donors (Lipinski definition) is 2. The van der Waals surface area contributed by atoms with Crippen molar-refractivity contribution in [2.75, 3.05) is 5.43 Å². The van der Waals surface area contributed by atoms with Gasteiger partial charge in [-0.15, -0.1) is 0 Å². The third-order valence-corrected chi connectivity index (χ3v) is 4.36. The molecule has 1 heterocycles. The predicted molar refractivity (Wildman–Crippen MR) is 99.4 cm³/mol. The molecule has 1 amide bonds. The molecule has 0 bridgehead atoms. The first-order valence-electron chi connectivity index (χ1n) is 7.83. The molecule has 132 valence electrons. The number of rotatable bonds is 4. The number of pyridine rings is 1. The zero-order chi connectivity index (χ0) is 18.8. The number of carbonyl (C=O) groups is 2. The highest BCUT2D eigenvalue weighted by Gasteiger charge is 2.20. The van der Waals surface area contributed by atoms with Crippen LogP contribution in [0.5, 0.6) is 0 Å². The molecule has 2 aromatic carbocycles. The van der Waals surface area contributed by atoms with Crippen LogP contribution in [0, 0.1) is 0 Å². The number of amides is 1. The smallest absolute Gasteiger partial charge is 0.310 e. The van der Waals surface area contributed by atoms with E-state index in [1.54, 1.807) is 48.5 Å².